The molecule has 1 fully saturated rings. The molecular weight excluding hydrogens is 548 g/mol. The van der Waals surface area contributed by atoms with Crippen LogP contribution in [0.2, 0.25) is 0 Å². The molecule has 0 bridgehead atoms. The first-order valence-electron chi connectivity index (χ1n) is 13.4. The van der Waals surface area contributed by atoms with E-state index >= 15 is 0 Å². The maximum atomic E-state index is 13.2. The van der Waals surface area contributed by atoms with Crippen LogP contribution >= 0.6 is 15.9 Å². The van der Waals surface area contributed by atoms with Crippen molar-refractivity contribution in [3.8, 4) is 5.69 Å². The van der Waals surface area contributed by atoms with Crippen LogP contribution < -0.4 is 5.32 Å². The van der Waals surface area contributed by atoms with Gasteiger partial charge < -0.3 is 9.88 Å². The average molecular weight is 580 g/mol. The molecule has 0 radical (unpaired) electrons. The van der Waals surface area contributed by atoms with Crippen molar-refractivity contribution in [2.45, 2.75) is 13.1 Å². The third-order valence-corrected chi connectivity index (χ3v) is 7.93. The van der Waals surface area contributed by atoms with Crippen LogP contribution in [-0.2, 0) is 13.1 Å². The molecule has 5 aromatic rings. The van der Waals surface area contributed by atoms with Crippen LogP contribution in [0.1, 0.15) is 21.5 Å². The lowest BCUT2D eigenvalue weighted by Crippen LogP contribution is -2.45. The molecule has 0 unspecified atom stereocenters. The zero-order valence-electron chi connectivity index (χ0n) is 21.8. The Labute approximate surface area is 237 Å². The standard InChI is InChI=1S/C33H31BrN4O/c34-29-13-10-28(24-37-20-18-36(19-21-37)23-25-6-2-1-3-7-25)31(22-29)35-33(39)27-11-14-30(15-12-27)38-17-16-26-8-4-5-9-32(26)38/h1-17,22H,18-21,23-24H2,(H,35,39). The van der Waals surface area contributed by atoms with Gasteiger partial charge >= 0.3 is 0 Å². The van der Waals surface area contributed by atoms with E-state index in [0.29, 0.717) is 5.56 Å². The van der Waals surface area contributed by atoms with Crippen molar-refractivity contribution < 1.29 is 4.79 Å². The predicted molar refractivity (Wildman–Crippen MR) is 162 cm³/mol. The fourth-order valence-electron chi connectivity index (χ4n) is 5.27. The highest BCUT2D eigenvalue weighted by Crippen LogP contribution is 2.25. The van der Waals surface area contributed by atoms with E-state index in [2.05, 4.69) is 96.4 Å². The fourth-order valence-corrected chi connectivity index (χ4v) is 5.63. The first kappa shape index (κ1) is 25.6. The highest BCUT2D eigenvalue weighted by Gasteiger charge is 2.19. The van der Waals surface area contributed by atoms with E-state index in [0.717, 1.165) is 66.2 Å². The Morgan fingerprint density at radius 2 is 1.44 bits per heavy atom. The molecule has 1 aromatic heterocycles. The predicted octanol–water partition coefficient (Wildman–Crippen LogP) is 6.96. The van der Waals surface area contributed by atoms with Gasteiger partial charge in [0.2, 0.25) is 0 Å². The lowest BCUT2D eigenvalue weighted by atomic mass is 10.1. The van der Waals surface area contributed by atoms with Crippen LogP contribution in [0.15, 0.2) is 114 Å². The molecule has 0 spiro atoms. The van der Waals surface area contributed by atoms with E-state index in [1.807, 2.05) is 48.5 Å². The van der Waals surface area contributed by atoms with Crippen LogP contribution in [0.25, 0.3) is 16.6 Å². The van der Waals surface area contributed by atoms with Gasteiger partial charge in [-0.25, -0.2) is 0 Å². The minimum absolute atomic E-state index is 0.106. The van der Waals surface area contributed by atoms with Crippen molar-refractivity contribution in [1.82, 2.24) is 14.4 Å². The second kappa shape index (κ2) is 11.6. The van der Waals surface area contributed by atoms with Crippen LogP contribution in [0.4, 0.5) is 5.69 Å². The Bertz CT molecular complexity index is 1570. The SMILES string of the molecule is O=C(Nc1cc(Br)ccc1CN1CCN(Cc2ccccc2)CC1)c1ccc(-n2ccc3ccccc32)cc1. The molecule has 39 heavy (non-hydrogen) atoms. The van der Waals surface area contributed by atoms with Crippen LogP contribution in [0.5, 0.6) is 0 Å². The number of aromatic nitrogens is 1. The van der Waals surface area contributed by atoms with Gasteiger partial charge in [-0.15, -0.1) is 0 Å². The summed E-state index contributed by atoms with van der Waals surface area (Å²) in [5.74, 6) is -0.106. The van der Waals surface area contributed by atoms with Crippen LogP contribution in [0.3, 0.4) is 0 Å². The van der Waals surface area contributed by atoms with Gasteiger partial charge in [-0.3, -0.25) is 14.6 Å². The summed E-state index contributed by atoms with van der Waals surface area (Å²) in [6, 6.07) is 35.0. The zero-order valence-corrected chi connectivity index (χ0v) is 23.3. The number of hydrogen-bond donors (Lipinski definition) is 1. The van der Waals surface area contributed by atoms with Crippen molar-refractivity contribution in [3.63, 3.8) is 0 Å². The number of fused-ring (bicyclic) bond motifs is 1. The van der Waals surface area contributed by atoms with Crippen molar-refractivity contribution >= 4 is 38.4 Å². The molecule has 1 amide bonds. The molecule has 1 aliphatic heterocycles. The Hall–Kier alpha value is -3.71. The molecule has 1 N–H and O–H groups in total. The maximum Gasteiger partial charge on any atom is 0.255 e. The molecule has 0 atom stereocenters. The number of nitrogens with zero attached hydrogens (tertiary/aromatic N) is 3. The lowest BCUT2D eigenvalue weighted by Gasteiger charge is -2.35. The fraction of sp³-hybridized carbons (Fsp3) is 0.182. The monoisotopic (exact) mass is 578 g/mol. The van der Waals surface area contributed by atoms with Crippen molar-refractivity contribution in [2.24, 2.45) is 0 Å². The van der Waals surface area contributed by atoms with Gasteiger partial charge in [0.15, 0.2) is 0 Å². The second-order valence-electron chi connectivity index (χ2n) is 10.1. The molecule has 5 nitrogen and oxygen atoms in total. The number of halogens is 1. The van der Waals surface area contributed by atoms with E-state index in [1.165, 1.54) is 10.9 Å². The normalized spacial score (nSPS) is 14.5. The Morgan fingerprint density at radius 1 is 0.744 bits per heavy atom. The van der Waals surface area contributed by atoms with Crippen LogP contribution in [-0.4, -0.2) is 46.5 Å². The van der Waals surface area contributed by atoms with Gasteiger partial charge in [0.05, 0.1) is 5.52 Å². The van der Waals surface area contributed by atoms with E-state index in [-0.39, 0.29) is 5.91 Å². The maximum absolute atomic E-state index is 13.2. The first-order valence-corrected chi connectivity index (χ1v) is 14.2. The van der Waals surface area contributed by atoms with Crippen molar-refractivity contribution in [3.05, 3.63) is 130 Å². The number of carbonyl (C=O) groups excluding carboxylic acids is 1. The number of piperazine rings is 1. The number of benzene rings is 4. The number of amides is 1. The molecule has 2 heterocycles. The molecular formula is C33H31BrN4O. The first-order chi connectivity index (χ1) is 19.1. The Kier molecular flexibility index (Phi) is 7.59. The van der Waals surface area contributed by atoms with Crippen molar-refractivity contribution in [2.75, 3.05) is 31.5 Å². The second-order valence-corrected chi connectivity index (χ2v) is 11.0. The van der Waals surface area contributed by atoms with Gasteiger partial charge in [-0.2, -0.15) is 0 Å². The molecule has 6 rings (SSSR count). The quantitative estimate of drug-likeness (QED) is 0.227. The number of hydrogen-bond acceptors (Lipinski definition) is 3. The summed E-state index contributed by atoms with van der Waals surface area (Å²) >= 11 is 3.58. The van der Waals surface area contributed by atoms with Gasteiger partial charge in [-0.1, -0.05) is 70.5 Å². The van der Waals surface area contributed by atoms with Gasteiger partial charge in [0, 0.05) is 66.9 Å². The van der Waals surface area contributed by atoms with E-state index in [9.17, 15) is 4.79 Å². The minimum atomic E-state index is -0.106. The number of anilines is 1. The summed E-state index contributed by atoms with van der Waals surface area (Å²) in [5, 5.41) is 4.36. The molecule has 196 valence electrons. The van der Waals surface area contributed by atoms with Gasteiger partial charge in [-0.05, 0) is 65.0 Å². The average Bonchev–Trinajstić information content (AvgIpc) is 3.40. The largest absolute Gasteiger partial charge is 0.322 e. The lowest BCUT2D eigenvalue weighted by molar-refractivity contribution is 0.102. The highest BCUT2D eigenvalue weighted by molar-refractivity contribution is 9.10. The van der Waals surface area contributed by atoms with Gasteiger partial charge in [0.25, 0.3) is 5.91 Å². The minimum Gasteiger partial charge on any atom is -0.322 e. The highest BCUT2D eigenvalue weighted by atomic mass is 79.9. The van der Waals surface area contributed by atoms with E-state index in [4.69, 9.17) is 0 Å². The molecule has 0 saturated carbocycles. The Morgan fingerprint density at radius 3 is 2.21 bits per heavy atom. The number of nitrogens with one attached hydrogen (secondary N) is 1. The molecule has 4 aromatic carbocycles. The summed E-state index contributed by atoms with van der Waals surface area (Å²) in [6.45, 7) is 5.89. The topological polar surface area (TPSA) is 40.5 Å². The third-order valence-electron chi connectivity index (χ3n) is 7.44. The zero-order chi connectivity index (χ0) is 26.6. The van der Waals surface area contributed by atoms with Gasteiger partial charge in [0.1, 0.15) is 0 Å². The number of carbonyl (C=O) groups is 1. The third kappa shape index (κ3) is 5.98. The summed E-state index contributed by atoms with van der Waals surface area (Å²) in [4.78, 5) is 18.2. The summed E-state index contributed by atoms with van der Waals surface area (Å²) in [6.07, 6.45) is 2.06. The number of rotatable bonds is 7. The van der Waals surface area contributed by atoms with E-state index in [1.54, 1.807) is 0 Å². The summed E-state index contributed by atoms with van der Waals surface area (Å²) in [7, 11) is 0. The van der Waals surface area contributed by atoms with Crippen molar-refractivity contribution in [1.29, 1.82) is 0 Å². The molecule has 0 aliphatic carbocycles. The summed E-state index contributed by atoms with van der Waals surface area (Å²) < 4.78 is 3.09. The number of para-hydroxylation sites is 1. The molecule has 6 heteroatoms. The molecule has 1 aliphatic rings. The van der Waals surface area contributed by atoms with Crippen LogP contribution in [0, 0.1) is 0 Å². The summed E-state index contributed by atoms with van der Waals surface area (Å²) in [5.41, 5.74) is 6.14. The molecule has 1 saturated heterocycles. The smallest absolute Gasteiger partial charge is 0.255 e. The van der Waals surface area contributed by atoms with E-state index < -0.39 is 0 Å². The Balaban J connectivity index is 1.11.